The van der Waals surface area contributed by atoms with E-state index in [0.29, 0.717) is 22.9 Å². The summed E-state index contributed by atoms with van der Waals surface area (Å²) in [5.74, 6) is -0.871. The molecule has 0 saturated carbocycles. The molecule has 0 spiro atoms. The van der Waals surface area contributed by atoms with Gasteiger partial charge in [-0.1, -0.05) is 23.7 Å². The van der Waals surface area contributed by atoms with Crippen LogP contribution in [0.25, 0.3) is 0 Å². The van der Waals surface area contributed by atoms with Gasteiger partial charge in [-0.15, -0.1) is 0 Å². The zero-order chi connectivity index (χ0) is 21.2. The van der Waals surface area contributed by atoms with Gasteiger partial charge in [-0.05, 0) is 55.8 Å². The molecule has 0 unspecified atom stereocenters. The van der Waals surface area contributed by atoms with Crippen LogP contribution in [0.1, 0.15) is 29.8 Å². The fraction of sp³-hybridized carbons (Fsp3) is 0.190. The molecule has 0 saturated heterocycles. The molecule has 0 bridgehead atoms. The van der Waals surface area contributed by atoms with Crippen molar-refractivity contribution in [3.05, 3.63) is 76.0 Å². The van der Waals surface area contributed by atoms with Gasteiger partial charge in [0.15, 0.2) is 0 Å². The molecule has 2 aromatic carbocycles. The van der Waals surface area contributed by atoms with Gasteiger partial charge in [-0.25, -0.2) is 10.2 Å². The highest BCUT2D eigenvalue weighted by Gasteiger charge is 2.12. The molecular weight excluding hydrogens is 396 g/mol. The molecule has 0 aliphatic carbocycles. The molecule has 152 valence electrons. The van der Waals surface area contributed by atoms with E-state index in [1.54, 1.807) is 43.3 Å². The van der Waals surface area contributed by atoms with Crippen LogP contribution in [0, 0.1) is 0 Å². The predicted molar refractivity (Wildman–Crippen MR) is 110 cm³/mol. The molecule has 0 heterocycles. The van der Waals surface area contributed by atoms with E-state index in [4.69, 9.17) is 21.1 Å². The molecular formula is C21H21ClN2O5. The lowest BCUT2D eigenvalue weighted by molar-refractivity contribution is -0.138. The Kier molecular flexibility index (Phi) is 8.24. The number of hydrogen-bond acceptors (Lipinski definition) is 6. The summed E-state index contributed by atoms with van der Waals surface area (Å²) in [6, 6.07) is 13.8. The lowest BCUT2D eigenvalue weighted by atomic mass is 10.2. The summed E-state index contributed by atoms with van der Waals surface area (Å²) in [7, 11) is 0. The van der Waals surface area contributed by atoms with Gasteiger partial charge in [-0.3, -0.25) is 4.79 Å². The second-order valence-electron chi connectivity index (χ2n) is 5.86. The van der Waals surface area contributed by atoms with E-state index in [-0.39, 0.29) is 17.9 Å². The van der Waals surface area contributed by atoms with Crippen molar-refractivity contribution in [1.29, 1.82) is 0 Å². The third kappa shape index (κ3) is 6.97. The largest absolute Gasteiger partial charge is 0.512 e. The topological polar surface area (TPSA) is 97.2 Å². The maximum atomic E-state index is 12.1. The Balaban J connectivity index is 1.91. The lowest BCUT2D eigenvalue weighted by Gasteiger charge is -2.07. The van der Waals surface area contributed by atoms with Crippen molar-refractivity contribution in [3.63, 3.8) is 0 Å². The number of carbonyl (C=O) groups is 2. The van der Waals surface area contributed by atoms with E-state index in [1.807, 2.05) is 12.1 Å². The van der Waals surface area contributed by atoms with Crippen molar-refractivity contribution >= 4 is 29.7 Å². The van der Waals surface area contributed by atoms with Crippen LogP contribution in [-0.2, 0) is 16.1 Å². The number of hydrogen-bond donors (Lipinski definition) is 2. The number of amides is 1. The standard InChI is InChI=1S/C21H21ClN2O5/c1-3-28-21(27)19(14(2)25)12-23-24-20(26)16-6-10-18(11-7-16)29-13-15-4-8-17(22)9-5-15/h4-12,25H,3,13H2,1-2H3,(H,24,26). The minimum Gasteiger partial charge on any atom is -0.512 e. The number of esters is 1. The van der Waals surface area contributed by atoms with Crippen LogP contribution in [-0.4, -0.2) is 29.8 Å². The average molecular weight is 417 g/mol. The van der Waals surface area contributed by atoms with E-state index < -0.39 is 11.9 Å². The molecule has 7 nitrogen and oxygen atoms in total. The molecule has 0 aromatic heterocycles. The van der Waals surface area contributed by atoms with Gasteiger partial charge >= 0.3 is 5.97 Å². The highest BCUT2D eigenvalue weighted by atomic mass is 35.5. The SMILES string of the molecule is CCOC(=O)C(C=NNC(=O)c1ccc(OCc2ccc(Cl)cc2)cc1)=C(C)O. The number of benzene rings is 2. The Labute approximate surface area is 173 Å². The molecule has 0 fully saturated rings. The van der Waals surface area contributed by atoms with E-state index in [9.17, 15) is 14.7 Å². The van der Waals surface area contributed by atoms with Crippen LogP contribution in [0.2, 0.25) is 5.02 Å². The first-order valence-corrected chi connectivity index (χ1v) is 9.16. The van der Waals surface area contributed by atoms with Gasteiger partial charge in [-0.2, -0.15) is 5.10 Å². The zero-order valence-electron chi connectivity index (χ0n) is 16.0. The van der Waals surface area contributed by atoms with Crippen molar-refractivity contribution in [1.82, 2.24) is 5.43 Å². The van der Waals surface area contributed by atoms with Crippen LogP contribution < -0.4 is 10.2 Å². The summed E-state index contributed by atoms with van der Waals surface area (Å²) >= 11 is 5.85. The van der Waals surface area contributed by atoms with Crippen molar-refractivity contribution in [2.24, 2.45) is 5.10 Å². The minimum atomic E-state index is -0.729. The summed E-state index contributed by atoms with van der Waals surface area (Å²) in [6.45, 7) is 3.49. The molecule has 29 heavy (non-hydrogen) atoms. The van der Waals surface area contributed by atoms with Gasteiger partial charge < -0.3 is 14.6 Å². The second kappa shape index (κ2) is 10.9. The molecule has 0 aliphatic rings. The van der Waals surface area contributed by atoms with Gasteiger partial charge in [0.25, 0.3) is 5.91 Å². The first kappa shape index (κ1) is 22.0. The van der Waals surface area contributed by atoms with Crippen LogP contribution in [0.4, 0.5) is 0 Å². The number of aliphatic hydroxyl groups is 1. The maximum absolute atomic E-state index is 12.1. The zero-order valence-corrected chi connectivity index (χ0v) is 16.8. The maximum Gasteiger partial charge on any atom is 0.343 e. The number of hydrazone groups is 1. The molecule has 0 atom stereocenters. The average Bonchev–Trinajstić information content (AvgIpc) is 2.71. The number of aliphatic hydroxyl groups excluding tert-OH is 1. The molecule has 2 N–H and O–H groups in total. The van der Waals surface area contributed by atoms with Crippen molar-refractivity contribution in [3.8, 4) is 5.75 Å². The number of carbonyl (C=O) groups excluding carboxylic acids is 2. The number of nitrogens with zero attached hydrogens (tertiary/aromatic N) is 1. The molecule has 8 heteroatoms. The van der Waals surface area contributed by atoms with E-state index >= 15 is 0 Å². The minimum absolute atomic E-state index is 0.141. The Morgan fingerprint density at radius 2 is 1.79 bits per heavy atom. The number of ether oxygens (including phenoxy) is 2. The monoisotopic (exact) mass is 416 g/mol. The van der Waals surface area contributed by atoms with E-state index in [0.717, 1.165) is 11.8 Å². The summed E-state index contributed by atoms with van der Waals surface area (Å²) < 4.78 is 10.5. The van der Waals surface area contributed by atoms with Crippen LogP contribution in [0.5, 0.6) is 5.75 Å². The molecule has 0 aliphatic heterocycles. The third-order valence-electron chi connectivity index (χ3n) is 3.68. The number of nitrogens with one attached hydrogen (secondary N) is 1. The molecule has 2 rings (SSSR count). The highest BCUT2D eigenvalue weighted by molar-refractivity contribution is 6.30. The van der Waals surface area contributed by atoms with Gasteiger partial charge in [0, 0.05) is 10.6 Å². The Hall–Kier alpha value is -3.32. The Bertz CT molecular complexity index is 902. The number of allylic oxidation sites excluding steroid dienone is 1. The van der Waals surface area contributed by atoms with Crippen molar-refractivity contribution < 1.29 is 24.2 Å². The summed E-state index contributed by atoms with van der Waals surface area (Å²) in [5.41, 5.74) is 3.47. The second-order valence-corrected chi connectivity index (χ2v) is 6.29. The fourth-order valence-electron chi connectivity index (χ4n) is 2.17. The van der Waals surface area contributed by atoms with E-state index in [1.165, 1.54) is 6.92 Å². The first-order chi connectivity index (χ1) is 13.9. The van der Waals surface area contributed by atoms with Crippen LogP contribution in [0.15, 0.2) is 65.0 Å². The Morgan fingerprint density at radius 3 is 2.38 bits per heavy atom. The van der Waals surface area contributed by atoms with Crippen LogP contribution >= 0.6 is 11.6 Å². The third-order valence-corrected chi connectivity index (χ3v) is 3.93. The lowest BCUT2D eigenvalue weighted by Crippen LogP contribution is -2.19. The molecule has 1 amide bonds. The van der Waals surface area contributed by atoms with Gasteiger partial charge in [0.2, 0.25) is 0 Å². The Morgan fingerprint density at radius 1 is 1.14 bits per heavy atom. The summed E-state index contributed by atoms with van der Waals surface area (Å²) in [5, 5.41) is 13.9. The van der Waals surface area contributed by atoms with E-state index in [2.05, 4.69) is 10.5 Å². The van der Waals surface area contributed by atoms with Gasteiger partial charge in [0.1, 0.15) is 23.7 Å². The smallest absolute Gasteiger partial charge is 0.343 e. The van der Waals surface area contributed by atoms with Crippen molar-refractivity contribution in [2.75, 3.05) is 6.61 Å². The number of halogens is 1. The molecule has 0 radical (unpaired) electrons. The first-order valence-electron chi connectivity index (χ1n) is 8.78. The fourth-order valence-corrected chi connectivity index (χ4v) is 2.30. The van der Waals surface area contributed by atoms with Crippen LogP contribution in [0.3, 0.4) is 0 Å². The summed E-state index contributed by atoms with van der Waals surface area (Å²) in [4.78, 5) is 23.8. The quantitative estimate of drug-likeness (QED) is 0.222. The number of rotatable bonds is 8. The molecule has 2 aromatic rings. The normalized spacial score (nSPS) is 11.7. The predicted octanol–water partition coefficient (Wildman–Crippen LogP) is 4.03. The van der Waals surface area contributed by atoms with Crippen molar-refractivity contribution in [2.45, 2.75) is 20.5 Å². The van der Waals surface area contributed by atoms with Gasteiger partial charge in [0.05, 0.1) is 12.8 Å². The highest BCUT2D eigenvalue weighted by Crippen LogP contribution is 2.16. The summed E-state index contributed by atoms with van der Waals surface area (Å²) in [6.07, 6.45) is 1.04.